The van der Waals surface area contributed by atoms with Crippen LogP contribution in [-0.2, 0) is 0 Å². The van der Waals surface area contributed by atoms with Crippen molar-refractivity contribution in [3.05, 3.63) is 29.3 Å². The summed E-state index contributed by atoms with van der Waals surface area (Å²) in [7, 11) is 0. The smallest absolute Gasteiger partial charge is 0.163 e. The second-order valence-corrected chi connectivity index (χ2v) is 4.64. The summed E-state index contributed by atoms with van der Waals surface area (Å²) >= 11 is 12.2. The zero-order valence-electron chi connectivity index (χ0n) is 7.90. The van der Waals surface area contributed by atoms with E-state index in [9.17, 15) is 0 Å². The zero-order chi connectivity index (χ0) is 10.4. The van der Waals surface area contributed by atoms with Gasteiger partial charge in [0.2, 0.25) is 0 Å². The number of hydrogen-bond donors (Lipinski definition) is 2. The molecule has 84 valence electrons. The van der Waals surface area contributed by atoms with E-state index in [4.69, 9.17) is 17.3 Å². The van der Waals surface area contributed by atoms with Crippen LogP contribution in [0.15, 0.2) is 29.2 Å². The molecule has 0 amide bonds. The van der Waals surface area contributed by atoms with Gasteiger partial charge in [-0.3, -0.25) is 0 Å². The molecule has 0 atom stereocenters. The van der Waals surface area contributed by atoms with Crippen LogP contribution in [0.3, 0.4) is 0 Å². The Morgan fingerprint density at radius 3 is 2.53 bits per heavy atom. The Labute approximate surface area is 110 Å². The summed E-state index contributed by atoms with van der Waals surface area (Å²) in [5, 5.41) is 4.00. The Bertz CT molecular complexity index is 303. The lowest BCUT2D eigenvalue weighted by atomic mass is 10.4. The molecule has 0 bridgehead atoms. The van der Waals surface area contributed by atoms with Gasteiger partial charge in [-0.15, -0.1) is 24.2 Å². The van der Waals surface area contributed by atoms with Crippen molar-refractivity contribution in [1.29, 1.82) is 0 Å². The highest BCUT2D eigenvalue weighted by molar-refractivity contribution is 7.99. The maximum absolute atomic E-state index is 5.76. The summed E-state index contributed by atoms with van der Waals surface area (Å²) in [4.78, 5) is 1.19. The van der Waals surface area contributed by atoms with Crippen molar-refractivity contribution in [2.24, 2.45) is 5.73 Å². The van der Waals surface area contributed by atoms with E-state index < -0.39 is 0 Å². The first-order chi connectivity index (χ1) is 6.68. The molecule has 0 saturated carbocycles. The molecule has 1 rings (SSSR count). The summed E-state index contributed by atoms with van der Waals surface area (Å²) in [5.74, 6) is 0.930. The Balaban J connectivity index is 0.00000196. The van der Waals surface area contributed by atoms with Gasteiger partial charge in [-0.25, -0.2) is 0 Å². The molecule has 1 aromatic rings. The lowest BCUT2D eigenvalue weighted by Crippen LogP contribution is -2.30. The van der Waals surface area contributed by atoms with Crippen LogP contribution in [0, 0.1) is 0 Å². The van der Waals surface area contributed by atoms with Gasteiger partial charge in [0.15, 0.2) is 5.11 Å². The minimum absolute atomic E-state index is 0. The molecular weight excluding hydrogens is 271 g/mol. The molecule has 0 radical (unpaired) electrons. The molecule has 0 aromatic heterocycles. The molecule has 3 N–H and O–H groups in total. The van der Waals surface area contributed by atoms with Crippen LogP contribution in [0.1, 0.15) is 0 Å². The zero-order valence-corrected chi connectivity index (χ0v) is 11.1. The largest absolute Gasteiger partial charge is 0.376 e. The van der Waals surface area contributed by atoms with Gasteiger partial charge in [-0.05, 0) is 36.5 Å². The van der Waals surface area contributed by atoms with E-state index in [-0.39, 0.29) is 12.4 Å². The average molecular weight is 283 g/mol. The van der Waals surface area contributed by atoms with Crippen molar-refractivity contribution in [2.45, 2.75) is 4.90 Å². The van der Waals surface area contributed by atoms with E-state index in [0.29, 0.717) is 5.11 Å². The molecule has 0 spiro atoms. The highest BCUT2D eigenvalue weighted by Crippen LogP contribution is 2.19. The summed E-state index contributed by atoms with van der Waals surface area (Å²) in [6.07, 6.45) is 0. The molecule has 1 aromatic carbocycles. The number of hydrogen-bond acceptors (Lipinski definition) is 2. The molecule has 0 aliphatic carbocycles. The van der Waals surface area contributed by atoms with Crippen LogP contribution in [0.25, 0.3) is 0 Å². The van der Waals surface area contributed by atoms with Gasteiger partial charge in [0.1, 0.15) is 0 Å². The Morgan fingerprint density at radius 1 is 1.40 bits per heavy atom. The fraction of sp³-hybridized carbons (Fsp3) is 0.222. The van der Waals surface area contributed by atoms with Crippen LogP contribution in [-0.4, -0.2) is 17.4 Å². The first-order valence-corrected chi connectivity index (χ1v) is 5.87. The summed E-state index contributed by atoms with van der Waals surface area (Å²) in [6.45, 7) is 0.780. The minimum Gasteiger partial charge on any atom is -0.376 e. The SMILES string of the molecule is Cl.NC(=S)NCCSc1ccc(Cl)cc1. The molecule has 2 nitrogen and oxygen atoms in total. The highest BCUT2D eigenvalue weighted by atomic mass is 35.5. The lowest BCUT2D eigenvalue weighted by Gasteiger charge is -2.03. The van der Waals surface area contributed by atoms with Crippen molar-refractivity contribution in [3.63, 3.8) is 0 Å². The maximum atomic E-state index is 5.76. The lowest BCUT2D eigenvalue weighted by molar-refractivity contribution is 0.983. The van der Waals surface area contributed by atoms with E-state index >= 15 is 0 Å². The van der Waals surface area contributed by atoms with Crippen LogP contribution >= 0.6 is 48.0 Å². The summed E-state index contributed by atoms with van der Waals surface area (Å²) < 4.78 is 0. The molecule has 6 heteroatoms. The molecule has 0 aliphatic rings. The summed E-state index contributed by atoms with van der Waals surface area (Å²) in [6, 6.07) is 7.75. The number of thiocarbonyl (C=S) groups is 1. The van der Waals surface area contributed by atoms with E-state index in [1.165, 1.54) is 4.90 Å². The second kappa shape index (κ2) is 8.05. The number of thioether (sulfide) groups is 1. The van der Waals surface area contributed by atoms with E-state index in [0.717, 1.165) is 17.3 Å². The van der Waals surface area contributed by atoms with Crippen molar-refractivity contribution in [1.82, 2.24) is 5.32 Å². The average Bonchev–Trinajstić information content (AvgIpc) is 2.15. The third-order valence-electron chi connectivity index (χ3n) is 1.48. The standard InChI is InChI=1S/C9H11ClN2S2.ClH/c10-7-1-3-8(4-2-7)14-6-5-12-9(11)13;/h1-4H,5-6H2,(H3,11,12,13);1H. The van der Waals surface area contributed by atoms with Crippen molar-refractivity contribution >= 4 is 53.1 Å². The van der Waals surface area contributed by atoms with Crippen LogP contribution in [0.5, 0.6) is 0 Å². The van der Waals surface area contributed by atoms with Crippen LogP contribution in [0.4, 0.5) is 0 Å². The normalized spacial score (nSPS) is 9.13. The monoisotopic (exact) mass is 282 g/mol. The Morgan fingerprint density at radius 2 is 2.00 bits per heavy atom. The Kier molecular flexibility index (Phi) is 7.96. The molecule has 0 heterocycles. The minimum atomic E-state index is 0. The third-order valence-corrected chi connectivity index (χ3v) is 2.89. The number of nitrogens with one attached hydrogen (secondary N) is 1. The molecule has 0 aliphatic heterocycles. The van der Waals surface area contributed by atoms with E-state index in [1.807, 2.05) is 24.3 Å². The molecule has 0 saturated heterocycles. The van der Waals surface area contributed by atoms with Gasteiger partial charge in [0, 0.05) is 22.2 Å². The number of benzene rings is 1. The fourth-order valence-corrected chi connectivity index (χ4v) is 1.87. The van der Waals surface area contributed by atoms with Gasteiger partial charge < -0.3 is 11.1 Å². The first kappa shape index (κ1) is 14.8. The quantitative estimate of drug-likeness (QED) is 0.506. The van der Waals surface area contributed by atoms with E-state index in [1.54, 1.807) is 11.8 Å². The van der Waals surface area contributed by atoms with Gasteiger partial charge in [-0.1, -0.05) is 11.6 Å². The van der Waals surface area contributed by atoms with Gasteiger partial charge in [0.05, 0.1) is 0 Å². The fourth-order valence-electron chi connectivity index (χ4n) is 0.874. The number of halogens is 2. The van der Waals surface area contributed by atoms with Crippen molar-refractivity contribution in [2.75, 3.05) is 12.3 Å². The van der Waals surface area contributed by atoms with Gasteiger partial charge >= 0.3 is 0 Å². The summed E-state index contributed by atoms with van der Waals surface area (Å²) in [5.41, 5.74) is 5.29. The van der Waals surface area contributed by atoms with E-state index in [2.05, 4.69) is 17.5 Å². The van der Waals surface area contributed by atoms with Crippen LogP contribution < -0.4 is 11.1 Å². The predicted molar refractivity (Wildman–Crippen MR) is 74.2 cm³/mol. The van der Waals surface area contributed by atoms with Crippen molar-refractivity contribution < 1.29 is 0 Å². The first-order valence-electron chi connectivity index (χ1n) is 4.10. The topological polar surface area (TPSA) is 38.0 Å². The van der Waals surface area contributed by atoms with Crippen LogP contribution in [0.2, 0.25) is 5.02 Å². The molecular formula is C9H12Cl2N2S2. The second-order valence-electron chi connectivity index (χ2n) is 2.59. The van der Waals surface area contributed by atoms with Gasteiger partial charge in [0.25, 0.3) is 0 Å². The number of nitrogens with two attached hydrogens (primary N) is 1. The molecule has 0 unspecified atom stereocenters. The van der Waals surface area contributed by atoms with Crippen molar-refractivity contribution in [3.8, 4) is 0 Å². The highest BCUT2D eigenvalue weighted by Gasteiger charge is 1.94. The molecule has 0 fully saturated rings. The van der Waals surface area contributed by atoms with Gasteiger partial charge in [-0.2, -0.15) is 0 Å². The maximum Gasteiger partial charge on any atom is 0.163 e. The molecule has 15 heavy (non-hydrogen) atoms. The predicted octanol–water partition coefficient (Wildman–Crippen LogP) is 2.69. The number of rotatable bonds is 4. The third kappa shape index (κ3) is 6.84. The Hall–Kier alpha value is -0.160.